The number of rotatable bonds is 5. The standard InChI is InChI=1S/C39H60O12/c1-20(40)48-28-29-34(7)13-16-39(51-34,33(5,6)45)47-19-38(29)15-14-37-18-36(37)12-11-25(50-31-27(44)26(43)22(42)17-46-31)32(3,4)23(36)9-10-24(37)35(38,8)30(28)49-21(2)41/h22-31,42-45H,9-19H2,1-8H3/t22-,23-,24-,25+,26+,27-,28-,29-,30-,31+,34+,35-,36-,37+,38+,39+/m1/s1. The van der Waals surface area contributed by atoms with E-state index in [1.807, 2.05) is 0 Å². The molecule has 0 aromatic heterocycles. The van der Waals surface area contributed by atoms with E-state index in [0.717, 1.165) is 44.9 Å². The third-order valence-electron chi connectivity index (χ3n) is 16.6. The van der Waals surface area contributed by atoms with Gasteiger partial charge in [-0.1, -0.05) is 20.8 Å². The van der Waals surface area contributed by atoms with Gasteiger partial charge in [0, 0.05) is 37.0 Å². The van der Waals surface area contributed by atoms with E-state index in [0.29, 0.717) is 25.4 Å². The van der Waals surface area contributed by atoms with Crippen molar-refractivity contribution in [3.63, 3.8) is 0 Å². The van der Waals surface area contributed by atoms with Gasteiger partial charge in [0.15, 0.2) is 12.1 Å². The van der Waals surface area contributed by atoms with Crippen LogP contribution in [0.5, 0.6) is 0 Å². The number of aliphatic hydroxyl groups excluding tert-OH is 3. The van der Waals surface area contributed by atoms with Gasteiger partial charge in [0.05, 0.1) is 24.9 Å². The minimum Gasteiger partial charge on any atom is -0.458 e. The number of carbonyl (C=O) groups excluding carboxylic acids is 2. The molecule has 8 aliphatic rings. The summed E-state index contributed by atoms with van der Waals surface area (Å²) in [6, 6.07) is 0. The molecule has 8 fully saturated rings. The molecule has 51 heavy (non-hydrogen) atoms. The normalized spacial score (nSPS) is 55.2. The summed E-state index contributed by atoms with van der Waals surface area (Å²) in [5, 5.41) is 42.5. The van der Waals surface area contributed by atoms with Gasteiger partial charge in [-0.05, 0) is 100 Å². The number of hydrogen-bond donors (Lipinski definition) is 4. The van der Waals surface area contributed by atoms with E-state index >= 15 is 0 Å². The smallest absolute Gasteiger partial charge is 0.303 e. The van der Waals surface area contributed by atoms with Crippen LogP contribution in [0.4, 0.5) is 0 Å². The Morgan fingerprint density at radius 3 is 2.12 bits per heavy atom. The van der Waals surface area contributed by atoms with Crippen LogP contribution in [0.25, 0.3) is 0 Å². The van der Waals surface area contributed by atoms with Crippen molar-refractivity contribution in [2.45, 2.75) is 173 Å². The SMILES string of the molecule is CC(=O)O[C@H]1[C@@H](OC(C)=O)[C@@]2(C)[C@H]3CC[C@@H]4C(C)(C)[C@@H](O[C@@H]5OC[C@@H](O)[C@H](O)[C@H]5O)CC[C@@]45C[C@@]35CC[C@@]23CO[C@@]2(C(C)(C)O)CC[C@](C)(O2)[C@@H]13. The average Bonchev–Trinajstić information content (AvgIpc) is 3.52. The lowest BCUT2D eigenvalue weighted by molar-refractivity contribution is -0.317. The Kier molecular flexibility index (Phi) is 7.97. The second-order valence-electron chi connectivity index (χ2n) is 19.4. The Morgan fingerprint density at radius 2 is 1.45 bits per heavy atom. The van der Waals surface area contributed by atoms with Crippen molar-refractivity contribution >= 4 is 11.9 Å². The fourth-order valence-corrected chi connectivity index (χ4v) is 14.5. The van der Waals surface area contributed by atoms with Gasteiger partial charge in [0.25, 0.3) is 0 Å². The monoisotopic (exact) mass is 720 g/mol. The molecule has 3 aliphatic heterocycles. The zero-order valence-corrected chi connectivity index (χ0v) is 31.6. The largest absolute Gasteiger partial charge is 0.458 e. The molecule has 0 radical (unpaired) electrons. The maximum absolute atomic E-state index is 13.0. The van der Waals surface area contributed by atoms with Crippen LogP contribution in [0.1, 0.15) is 113 Å². The molecule has 4 N–H and O–H groups in total. The van der Waals surface area contributed by atoms with Gasteiger partial charge < -0.3 is 48.8 Å². The van der Waals surface area contributed by atoms with E-state index in [1.54, 1.807) is 13.8 Å². The third kappa shape index (κ3) is 4.54. The Hall–Kier alpha value is -1.38. The minimum absolute atomic E-state index is 0.0195. The van der Waals surface area contributed by atoms with E-state index < -0.39 is 76.6 Å². The van der Waals surface area contributed by atoms with E-state index in [4.69, 9.17) is 28.4 Å². The molecular formula is C39H60O12. The first kappa shape index (κ1) is 36.6. The number of ether oxygens (including phenoxy) is 6. The lowest BCUT2D eigenvalue weighted by atomic mass is 9.41. The molecule has 12 heteroatoms. The molecule has 3 saturated heterocycles. The topological polar surface area (TPSA) is 170 Å². The molecule has 2 bridgehead atoms. The van der Waals surface area contributed by atoms with Crippen LogP contribution >= 0.6 is 0 Å². The van der Waals surface area contributed by atoms with Crippen LogP contribution in [-0.2, 0) is 38.0 Å². The van der Waals surface area contributed by atoms with Gasteiger partial charge in [-0.2, -0.15) is 0 Å². The fraction of sp³-hybridized carbons (Fsp3) is 0.949. The summed E-state index contributed by atoms with van der Waals surface area (Å²) >= 11 is 0. The van der Waals surface area contributed by atoms with Crippen LogP contribution in [-0.4, -0.2) is 105 Å². The lowest BCUT2D eigenvalue weighted by Crippen LogP contribution is -2.63. The van der Waals surface area contributed by atoms with Crippen molar-refractivity contribution in [3.05, 3.63) is 0 Å². The highest BCUT2D eigenvalue weighted by atomic mass is 16.7. The summed E-state index contributed by atoms with van der Waals surface area (Å²) in [5.41, 5.74) is -3.51. The van der Waals surface area contributed by atoms with Crippen molar-refractivity contribution in [1.82, 2.24) is 0 Å². The summed E-state index contributed by atoms with van der Waals surface area (Å²) < 4.78 is 38.7. The first-order valence-corrected chi connectivity index (χ1v) is 19.4. The quantitative estimate of drug-likeness (QED) is 0.242. The van der Waals surface area contributed by atoms with Crippen LogP contribution in [0, 0.1) is 44.8 Å². The Morgan fingerprint density at radius 1 is 0.804 bits per heavy atom. The van der Waals surface area contributed by atoms with Crippen molar-refractivity contribution in [2.24, 2.45) is 44.8 Å². The molecule has 3 heterocycles. The van der Waals surface area contributed by atoms with Gasteiger partial charge in [0.2, 0.25) is 0 Å². The first-order chi connectivity index (χ1) is 23.6. The minimum atomic E-state index is -1.34. The van der Waals surface area contributed by atoms with Crippen molar-refractivity contribution in [1.29, 1.82) is 0 Å². The number of esters is 2. The van der Waals surface area contributed by atoms with E-state index in [1.165, 1.54) is 13.8 Å². The summed E-state index contributed by atoms with van der Waals surface area (Å²) in [7, 11) is 0. The zero-order valence-electron chi connectivity index (χ0n) is 31.6. The molecule has 5 aliphatic carbocycles. The van der Waals surface area contributed by atoms with Crippen LogP contribution in [0.3, 0.4) is 0 Å². The molecule has 0 amide bonds. The second-order valence-corrected chi connectivity index (χ2v) is 19.4. The van der Waals surface area contributed by atoms with Gasteiger partial charge in [0.1, 0.15) is 36.1 Å². The van der Waals surface area contributed by atoms with Crippen molar-refractivity contribution in [2.75, 3.05) is 13.2 Å². The van der Waals surface area contributed by atoms with Crippen molar-refractivity contribution in [3.8, 4) is 0 Å². The molecule has 5 saturated carbocycles. The third-order valence-corrected chi connectivity index (χ3v) is 16.6. The van der Waals surface area contributed by atoms with Crippen LogP contribution in [0.15, 0.2) is 0 Å². The second kappa shape index (κ2) is 11.1. The first-order valence-electron chi connectivity index (χ1n) is 19.4. The molecular weight excluding hydrogens is 660 g/mol. The molecule has 12 nitrogen and oxygen atoms in total. The molecule has 0 aromatic rings. The zero-order chi connectivity index (χ0) is 36.9. The van der Waals surface area contributed by atoms with E-state index in [2.05, 4.69) is 27.7 Å². The van der Waals surface area contributed by atoms with Gasteiger partial charge >= 0.3 is 11.9 Å². The summed E-state index contributed by atoms with van der Waals surface area (Å²) in [6.45, 7) is 15.4. The van der Waals surface area contributed by atoms with Gasteiger partial charge in [-0.25, -0.2) is 0 Å². The Balaban J connectivity index is 1.17. The fourth-order valence-electron chi connectivity index (χ4n) is 14.5. The number of aliphatic hydroxyl groups is 4. The molecule has 16 atom stereocenters. The molecule has 8 rings (SSSR count). The van der Waals surface area contributed by atoms with Crippen LogP contribution < -0.4 is 0 Å². The number of carbonyl (C=O) groups is 2. The maximum atomic E-state index is 13.0. The summed E-state index contributed by atoms with van der Waals surface area (Å²) in [5.74, 6) is -1.89. The lowest BCUT2D eigenvalue weighted by Gasteiger charge is -2.64. The predicted molar refractivity (Wildman–Crippen MR) is 179 cm³/mol. The maximum Gasteiger partial charge on any atom is 0.303 e. The summed E-state index contributed by atoms with van der Waals surface area (Å²) in [4.78, 5) is 26.0. The molecule has 0 aromatic carbocycles. The van der Waals surface area contributed by atoms with Gasteiger partial charge in [-0.15, -0.1) is 0 Å². The predicted octanol–water partition coefficient (Wildman–Crippen LogP) is 3.38. The molecule has 288 valence electrons. The average molecular weight is 721 g/mol. The van der Waals surface area contributed by atoms with Gasteiger partial charge in [-0.3, -0.25) is 9.59 Å². The Bertz CT molecular complexity index is 1460. The number of hydrogen-bond acceptors (Lipinski definition) is 12. The molecule has 3 spiro atoms. The highest BCUT2D eigenvalue weighted by Crippen LogP contribution is 2.90. The summed E-state index contributed by atoms with van der Waals surface area (Å²) in [6.07, 6.45) is 0.954. The van der Waals surface area contributed by atoms with E-state index in [9.17, 15) is 30.0 Å². The highest BCUT2D eigenvalue weighted by molar-refractivity contribution is 5.68. The Labute approximate surface area is 301 Å². The van der Waals surface area contributed by atoms with Crippen LogP contribution in [0.2, 0.25) is 0 Å². The molecule has 0 unspecified atom stereocenters. The number of fused-ring (bicyclic) bond motifs is 4. The van der Waals surface area contributed by atoms with Crippen molar-refractivity contribution < 1.29 is 58.4 Å². The highest BCUT2D eigenvalue weighted by Gasteiger charge is 2.88. The van der Waals surface area contributed by atoms with E-state index in [-0.39, 0.29) is 40.8 Å².